The molecule has 0 spiro atoms. The number of aryl methyl sites for hydroxylation is 1. The Morgan fingerprint density at radius 2 is 1.92 bits per heavy atom. The molecule has 0 radical (unpaired) electrons. The Balaban J connectivity index is 1.69. The lowest BCUT2D eigenvalue weighted by Gasteiger charge is -2.28. The minimum atomic E-state index is -0.366. The van der Waals surface area contributed by atoms with Crippen molar-refractivity contribution >= 4 is 40.6 Å². The second-order valence-corrected chi connectivity index (χ2v) is 6.47. The smallest absolute Gasteiger partial charge is 0.312 e. The number of hydrogen-bond donors (Lipinski definition) is 2. The van der Waals surface area contributed by atoms with Gasteiger partial charge in [0, 0.05) is 24.3 Å². The summed E-state index contributed by atoms with van der Waals surface area (Å²) < 4.78 is 0. The number of carbonyl (C=O) groups is 2. The van der Waals surface area contributed by atoms with Crippen LogP contribution in [0, 0.1) is 6.92 Å². The van der Waals surface area contributed by atoms with Gasteiger partial charge in [-0.05, 0) is 55.7 Å². The lowest BCUT2D eigenvalue weighted by atomic mass is 10.1. The molecule has 2 aromatic carbocycles. The molecule has 1 heterocycles. The minimum Gasteiger partial charge on any atom is -0.312 e. The Bertz CT molecular complexity index is 807. The van der Waals surface area contributed by atoms with Gasteiger partial charge in [-0.1, -0.05) is 23.7 Å². The molecule has 0 aliphatic carbocycles. The third-order valence-electron chi connectivity index (χ3n) is 4.19. The van der Waals surface area contributed by atoms with Gasteiger partial charge < -0.3 is 15.5 Å². The average molecular weight is 358 g/mol. The van der Waals surface area contributed by atoms with Crippen molar-refractivity contribution in [3.8, 4) is 0 Å². The molecule has 1 fully saturated rings. The number of para-hydroxylation sites is 1. The molecular weight excluding hydrogens is 338 g/mol. The van der Waals surface area contributed by atoms with Crippen molar-refractivity contribution in [2.24, 2.45) is 0 Å². The Morgan fingerprint density at radius 1 is 1.12 bits per heavy atom. The summed E-state index contributed by atoms with van der Waals surface area (Å²) in [5, 5.41) is 5.98. The summed E-state index contributed by atoms with van der Waals surface area (Å²) in [6.07, 6.45) is 2.57. The van der Waals surface area contributed by atoms with Gasteiger partial charge in [-0.2, -0.15) is 0 Å². The summed E-state index contributed by atoms with van der Waals surface area (Å²) in [7, 11) is 0. The fourth-order valence-electron chi connectivity index (χ4n) is 2.94. The summed E-state index contributed by atoms with van der Waals surface area (Å²) in [4.78, 5) is 26.0. The molecule has 2 aromatic rings. The second kappa shape index (κ2) is 7.57. The average Bonchev–Trinajstić information content (AvgIpc) is 2.58. The van der Waals surface area contributed by atoms with E-state index in [9.17, 15) is 9.59 Å². The number of rotatable bonds is 3. The van der Waals surface area contributed by atoms with Gasteiger partial charge in [0.25, 0.3) is 0 Å². The maximum Gasteiger partial charge on any atom is 0.323 e. The number of halogens is 1. The summed E-state index contributed by atoms with van der Waals surface area (Å²) in [5.41, 5.74) is 3.07. The third kappa shape index (κ3) is 4.12. The number of carbonyl (C=O) groups excluding carboxylic acids is 2. The van der Waals surface area contributed by atoms with Gasteiger partial charge >= 0.3 is 6.03 Å². The first-order chi connectivity index (χ1) is 12.0. The quantitative estimate of drug-likeness (QED) is 0.828. The SMILES string of the molecule is Cc1cc(NC(=O)Nc2ccccc2Cl)ccc1N1CCCCC1=O. The number of nitrogens with one attached hydrogen (secondary N) is 2. The first-order valence-electron chi connectivity index (χ1n) is 8.28. The summed E-state index contributed by atoms with van der Waals surface area (Å²) in [5.74, 6) is 0.159. The van der Waals surface area contributed by atoms with E-state index in [1.165, 1.54) is 0 Å². The van der Waals surface area contributed by atoms with Crippen LogP contribution in [0.15, 0.2) is 42.5 Å². The van der Waals surface area contributed by atoms with Crippen LogP contribution in [0.5, 0.6) is 0 Å². The van der Waals surface area contributed by atoms with Crippen molar-refractivity contribution in [2.75, 3.05) is 22.1 Å². The van der Waals surface area contributed by atoms with E-state index < -0.39 is 0 Å². The number of nitrogens with zero attached hydrogens (tertiary/aromatic N) is 1. The van der Waals surface area contributed by atoms with Crippen LogP contribution in [0.1, 0.15) is 24.8 Å². The topological polar surface area (TPSA) is 61.4 Å². The maximum atomic E-state index is 12.1. The predicted octanol–water partition coefficient (Wildman–Crippen LogP) is 4.81. The molecule has 1 saturated heterocycles. The fourth-order valence-corrected chi connectivity index (χ4v) is 3.13. The van der Waals surface area contributed by atoms with Crippen molar-refractivity contribution in [1.82, 2.24) is 0 Å². The normalized spacial score (nSPS) is 14.3. The largest absolute Gasteiger partial charge is 0.323 e. The third-order valence-corrected chi connectivity index (χ3v) is 4.52. The Hall–Kier alpha value is -2.53. The van der Waals surface area contributed by atoms with Crippen molar-refractivity contribution in [2.45, 2.75) is 26.2 Å². The zero-order chi connectivity index (χ0) is 17.8. The van der Waals surface area contributed by atoms with Gasteiger partial charge in [-0.25, -0.2) is 4.79 Å². The van der Waals surface area contributed by atoms with Crippen LogP contribution >= 0.6 is 11.6 Å². The number of piperidine rings is 1. The van der Waals surface area contributed by atoms with Crippen molar-refractivity contribution in [3.05, 3.63) is 53.1 Å². The standard InChI is InChI=1S/C19H20ClN3O2/c1-13-12-14(9-10-17(13)23-11-5-4-8-18(23)24)21-19(25)22-16-7-3-2-6-15(16)20/h2-3,6-7,9-10,12H,4-5,8,11H2,1H3,(H2,21,22,25). The molecule has 0 atom stereocenters. The van der Waals surface area contributed by atoms with Crippen LogP contribution in [-0.2, 0) is 4.79 Å². The predicted molar refractivity (Wildman–Crippen MR) is 101 cm³/mol. The van der Waals surface area contributed by atoms with E-state index in [1.54, 1.807) is 30.3 Å². The van der Waals surface area contributed by atoms with Crippen molar-refractivity contribution < 1.29 is 9.59 Å². The van der Waals surface area contributed by atoms with E-state index in [2.05, 4.69) is 10.6 Å². The van der Waals surface area contributed by atoms with Crippen LogP contribution < -0.4 is 15.5 Å². The number of hydrogen-bond acceptors (Lipinski definition) is 2. The van der Waals surface area contributed by atoms with Gasteiger partial charge in [0.1, 0.15) is 0 Å². The number of benzene rings is 2. The zero-order valence-corrected chi connectivity index (χ0v) is 14.8. The molecule has 0 unspecified atom stereocenters. The molecule has 25 heavy (non-hydrogen) atoms. The van der Waals surface area contributed by atoms with Crippen LogP contribution in [0.25, 0.3) is 0 Å². The van der Waals surface area contributed by atoms with E-state index >= 15 is 0 Å². The first-order valence-corrected chi connectivity index (χ1v) is 8.66. The monoisotopic (exact) mass is 357 g/mol. The van der Waals surface area contributed by atoms with E-state index in [1.807, 2.05) is 24.0 Å². The van der Waals surface area contributed by atoms with Crippen LogP contribution in [0.2, 0.25) is 5.02 Å². The van der Waals surface area contributed by atoms with Gasteiger partial charge in [-0.15, -0.1) is 0 Å². The summed E-state index contributed by atoms with van der Waals surface area (Å²) >= 11 is 6.04. The molecular formula is C19H20ClN3O2. The highest BCUT2D eigenvalue weighted by Gasteiger charge is 2.21. The fraction of sp³-hybridized carbons (Fsp3) is 0.263. The summed E-state index contributed by atoms with van der Waals surface area (Å²) in [6.45, 7) is 2.69. The highest BCUT2D eigenvalue weighted by molar-refractivity contribution is 6.33. The molecule has 1 aliphatic heterocycles. The Morgan fingerprint density at radius 3 is 2.64 bits per heavy atom. The lowest BCUT2D eigenvalue weighted by Crippen LogP contribution is -2.35. The molecule has 5 nitrogen and oxygen atoms in total. The molecule has 3 amide bonds. The molecule has 0 aromatic heterocycles. The maximum absolute atomic E-state index is 12.1. The molecule has 1 aliphatic rings. The molecule has 2 N–H and O–H groups in total. The lowest BCUT2D eigenvalue weighted by molar-refractivity contribution is -0.119. The zero-order valence-electron chi connectivity index (χ0n) is 14.0. The molecule has 0 bridgehead atoms. The highest BCUT2D eigenvalue weighted by atomic mass is 35.5. The van der Waals surface area contributed by atoms with Gasteiger partial charge in [0.15, 0.2) is 0 Å². The Kier molecular flexibility index (Phi) is 5.24. The van der Waals surface area contributed by atoms with Gasteiger partial charge in [0.05, 0.1) is 10.7 Å². The molecule has 130 valence electrons. The first kappa shape index (κ1) is 17.3. The Labute approximate surface area is 152 Å². The van der Waals surface area contributed by atoms with Crippen LogP contribution in [-0.4, -0.2) is 18.5 Å². The number of amides is 3. The van der Waals surface area contributed by atoms with Gasteiger partial charge in [-0.3, -0.25) is 4.79 Å². The van der Waals surface area contributed by atoms with E-state index in [0.717, 1.165) is 30.6 Å². The molecule has 3 rings (SSSR count). The minimum absolute atomic E-state index is 0.159. The molecule has 6 heteroatoms. The second-order valence-electron chi connectivity index (χ2n) is 6.06. The molecule has 0 saturated carbocycles. The van der Waals surface area contributed by atoms with E-state index in [-0.39, 0.29) is 11.9 Å². The van der Waals surface area contributed by atoms with E-state index in [0.29, 0.717) is 22.8 Å². The van der Waals surface area contributed by atoms with Crippen LogP contribution in [0.3, 0.4) is 0 Å². The van der Waals surface area contributed by atoms with Crippen LogP contribution in [0.4, 0.5) is 21.9 Å². The number of anilines is 3. The summed E-state index contributed by atoms with van der Waals surface area (Å²) in [6, 6.07) is 12.2. The van der Waals surface area contributed by atoms with Crippen molar-refractivity contribution in [1.29, 1.82) is 0 Å². The highest BCUT2D eigenvalue weighted by Crippen LogP contribution is 2.27. The van der Waals surface area contributed by atoms with E-state index in [4.69, 9.17) is 11.6 Å². The van der Waals surface area contributed by atoms with Crippen molar-refractivity contribution in [3.63, 3.8) is 0 Å². The van der Waals surface area contributed by atoms with Gasteiger partial charge in [0.2, 0.25) is 5.91 Å². The number of urea groups is 1.